The minimum atomic E-state index is -0.302. The van der Waals surface area contributed by atoms with Gasteiger partial charge in [-0.25, -0.2) is 9.37 Å². The van der Waals surface area contributed by atoms with Gasteiger partial charge in [-0.1, -0.05) is 11.3 Å². The van der Waals surface area contributed by atoms with E-state index in [0.29, 0.717) is 10.2 Å². The maximum absolute atomic E-state index is 13.9. The quantitative estimate of drug-likeness (QED) is 0.804. The molecule has 0 saturated carbocycles. The first-order valence-corrected chi connectivity index (χ1v) is 5.99. The molecule has 16 heavy (non-hydrogen) atoms. The average molecular weight is 238 g/mol. The van der Waals surface area contributed by atoms with Gasteiger partial charge in [-0.2, -0.15) is 0 Å². The highest BCUT2D eigenvalue weighted by Crippen LogP contribution is 2.35. The van der Waals surface area contributed by atoms with Crippen LogP contribution < -0.4 is 9.64 Å². The lowest BCUT2D eigenvalue weighted by molar-refractivity contribution is 0.389. The molecule has 0 spiro atoms. The van der Waals surface area contributed by atoms with Crippen LogP contribution in [0.3, 0.4) is 0 Å². The largest absolute Gasteiger partial charge is 0.494 e. The Labute approximate surface area is 96.5 Å². The summed E-state index contributed by atoms with van der Waals surface area (Å²) in [6.07, 6.45) is 1.20. The van der Waals surface area contributed by atoms with Gasteiger partial charge in [0.15, 0.2) is 16.7 Å². The van der Waals surface area contributed by atoms with Crippen LogP contribution in [-0.4, -0.2) is 25.2 Å². The van der Waals surface area contributed by atoms with Crippen molar-refractivity contribution in [2.24, 2.45) is 0 Å². The minimum absolute atomic E-state index is 0.284. The lowest BCUT2D eigenvalue weighted by Gasteiger charge is -2.30. The number of rotatable bonds is 2. The fourth-order valence-electron chi connectivity index (χ4n) is 1.73. The number of hydrogen-bond acceptors (Lipinski definition) is 4. The van der Waals surface area contributed by atoms with Crippen molar-refractivity contribution in [2.45, 2.75) is 6.42 Å². The molecule has 1 aromatic heterocycles. The number of fused-ring (bicyclic) bond motifs is 1. The molecule has 1 fully saturated rings. The van der Waals surface area contributed by atoms with Gasteiger partial charge < -0.3 is 9.64 Å². The number of hydrogen-bond donors (Lipinski definition) is 0. The van der Waals surface area contributed by atoms with Crippen LogP contribution >= 0.6 is 11.3 Å². The highest BCUT2D eigenvalue weighted by Gasteiger charge is 2.20. The first kappa shape index (κ1) is 9.84. The van der Waals surface area contributed by atoms with E-state index in [1.807, 2.05) is 0 Å². The summed E-state index contributed by atoms with van der Waals surface area (Å²) in [5.74, 6) is -0.0180. The zero-order valence-corrected chi connectivity index (χ0v) is 9.68. The molecule has 3 nitrogen and oxygen atoms in total. The van der Waals surface area contributed by atoms with E-state index < -0.39 is 0 Å². The summed E-state index contributed by atoms with van der Waals surface area (Å²) in [6.45, 7) is 2.05. The van der Waals surface area contributed by atoms with E-state index >= 15 is 0 Å². The van der Waals surface area contributed by atoms with Gasteiger partial charge in [0.25, 0.3) is 0 Å². The van der Waals surface area contributed by atoms with Gasteiger partial charge in [-0.05, 0) is 18.6 Å². The summed E-state index contributed by atoms with van der Waals surface area (Å²) in [5.41, 5.74) is 0.713. The summed E-state index contributed by atoms with van der Waals surface area (Å²) in [5, 5.41) is 0.911. The third kappa shape index (κ3) is 1.35. The van der Waals surface area contributed by atoms with Crippen LogP contribution in [0.15, 0.2) is 12.1 Å². The van der Waals surface area contributed by atoms with Crippen molar-refractivity contribution in [3.05, 3.63) is 17.9 Å². The van der Waals surface area contributed by atoms with Crippen LogP contribution in [0.5, 0.6) is 5.75 Å². The molecular weight excluding hydrogens is 227 g/mol. The van der Waals surface area contributed by atoms with Crippen LogP contribution in [0.2, 0.25) is 0 Å². The van der Waals surface area contributed by atoms with Crippen molar-refractivity contribution >= 4 is 26.7 Å². The molecule has 1 aliphatic rings. The van der Waals surface area contributed by atoms with Crippen LogP contribution in [0.25, 0.3) is 10.2 Å². The van der Waals surface area contributed by atoms with Gasteiger partial charge >= 0.3 is 0 Å². The van der Waals surface area contributed by atoms with E-state index in [1.165, 1.54) is 24.9 Å². The van der Waals surface area contributed by atoms with Crippen molar-refractivity contribution in [3.8, 4) is 5.75 Å². The fraction of sp³-hybridized carbons (Fsp3) is 0.364. The molecule has 0 bridgehead atoms. The lowest BCUT2D eigenvalue weighted by Crippen LogP contribution is -2.36. The molecule has 1 aromatic carbocycles. The topological polar surface area (TPSA) is 25.4 Å². The van der Waals surface area contributed by atoms with Gasteiger partial charge in [0.05, 0.1) is 17.3 Å². The highest BCUT2D eigenvalue weighted by atomic mass is 32.1. The number of methoxy groups -OCH3 is 1. The van der Waals surface area contributed by atoms with Gasteiger partial charge in [0.2, 0.25) is 0 Å². The number of halogens is 1. The normalized spacial score (nSPS) is 15.2. The molecule has 0 aliphatic carbocycles. The summed E-state index contributed by atoms with van der Waals surface area (Å²) in [7, 11) is 1.47. The number of nitrogens with zero attached hydrogens (tertiary/aromatic N) is 2. The number of aromatic nitrogens is 1. The monoisotopic (exact) mass is 238 g/mol. The summed E-state index contributed by atoms with van der Waals surface area (Å²) >= 11 is 1.40. The van der Waals surface area contributed by atoms with Gasteiger partial charge in [-0.3, -0.25) is 0 Å². The van der Waals surface area contributed by atoms with E-state index in [1.54, 1.807) is 12.1 Å². The van der Waals surface area contributed by atoms with Gasteiger partial charge in [0.1, 0.15) is 0 Å². The maximum atomic E-state index is 13.9. The second-order valence-corrected chi connectivity index (χ2v) is 4.74. The Hall–Kier alpha value is -1.36. The van der Waals surface area contributed by atoms with E-state index in [4.69, 9.17) is 4.74 Å². The molecule has 0 N–H and O–H groups in total. The van der Waals surface area contributed by atoms with Crippen LogP contribution in [0, 0.1) is 5.82 Å². The average Bonchev–Trinajstić information content (AvgIpc) is 2.60. The van der Waals surface area contributed by atoms with Crippen molar-refractivity contribution < 1.29 is 9.13 Å². The Morgan fingerprint density at radius 3 is 2.88 bits per heavy atom. The van der Waals surface area contributed by atoms with Gasteiger partial charge in [0, 0.05) is 13.1 Å². The molecular formula is C11H11FN2OS. The Balaban J connectivity index is 2.12. The first-order valence-electron chi connectivity index (χ1n) is 5.17. The lowest BCUT2D eigenvalue weighted by atomic mass is 10.2. The van der Waals surface area contributed by atoms with Gasteiger partial charge in [-0.15, -0.1) is 0 Å². The summed E-state index contributed by atoms with van der Waals surface area (Å²) in [4.78, 5) is 6.58. The van der Waals surface area contributed by atoms with Crippen LogP contribution in [0.1, 0.15) is 6.42 Å². The SMILES string of the molecule is COc1ccc2nc(N3CCC3)sc2c1F. The summed E-state index contributed by atoms with van der Waals surface area (Å²) < 4.78 is 19.4. The molecule has 0 amide bonds. The van der Waals surface area contributed by atoms with Crippen LogP contribution in [0.4, 0.5) is 9.52 Å². The fourth-order valence-corrected chi connectivity index (χ4v) is 2.78. The Kier molecular flexibility index (Phi) is 2.21. The second-order valence-electron chi connectivity index (χ2n) is 3.77. The molecule has 1 saturated heterocycles. The first-order chi connectivity index (χ1) is 7.79. The third-order valence-corrected chi connectivity index (χ3v) is 3.92. The van der Waals surface area contributed by atoms with Crippen molar-refractivity contribution in [1.29, 1.82) is 0 Å². The summed E-state index contributed by atoms with van der Waals surface area (Å²) in [6, 6.07) is 3.42. The van der Waals surface area contributed by atoms with Crippen molar-refractivity contribution in [2.75, 3.05) is 25.1 Å². The molecule has 2 aromatic rings. The molecule has 84 valence electrons. The maximum Gasteiger partial charge on any atom is 0.186 e. The molecule has 2 heterocycles. The molecule has 0 atom stereocenters. The number of anilines is 1. The predicted molar refractivity (Wildman–Crippen MR) is 63.0 cm³/mol. The van der Waals surface area contributed by atoms with Crippen molar-refractivity contribution in [3.63, 3.8) is 0 Å². The molecule has 3 rings (SSSR count). The molecule has 0 unspecified atom stereocenters. The second kappa shape index (κ2) is 3.59. The van der Waals surface area contributed by atoms with Crippen LogP contribution in [-0.2, 0) is 0 Å². The third-order valence-electron chi connectivity index (χ3n) is 2.80. The standard InChI is InChI=1S/C11H11FN2OS/c1-15-8-4-3-7-10(9(8)12)16-11(13-7)14-5-2-6-14/h3-4H,2,5-6H2,1H3. The Morgan fingerprint density at radius 2 is 2.25 bits per heavy atom. The zero-order valence-electron chi connectivity index (χ0n) is 8.86. The molecule has 1 aliphatic heterocycles. The van der Waals surface area contributed by atoms with E-state index in [9.17, 15) is 4.39 Å². The zero-order chi connectivity index (χ0) is 11.1. The predicted octanol–water partition coefficient (Wildman–Crippen LogP) is 2.65. The number of thiazole rings is 1. The molecule has 0 radical (unpaired) electrons. The number of ether oxygens (including phenoxy) is 1. The minimum Gasteiger partial charge on any atom is -0.494 e. The van der Waals surface area contributed by atoms with E-state index in [2.05, 4.69) is 9.88 Å². The smallest absolute Gasteiger partial charge is 0.186 e. The Bertz CT molecular complexity index is 536. The highest BCUT2D eigenvalue weighted by molar-refractivity contribution is 7.22. The Morgan fingerprint density at radius 1 is 1.44 bits per heavy atom. The van der Waals surface area contributed by atoms with E-state index in [0.717, 1.165) is 18.2 Å². The number of benzene rings is 1. The van der Waals surface area contributed by atoms with E-state index in [-0.39, 0.29) is 11.6 Å². The molecule has 5 heteroatoms. The van der Waals surface area contributed by atoms with Crippen molar-refractivity contribution in [1.82, 2.24) is 4.98 Å².